The van der Waals surface area contributed by atoms with Crippen LogP contribution in [-0.2, 0) is 4.89 Å². The van der Waals surface area contributed by atoms with E-state index in [-0.39, 0.29) is 17.0 Å². The maximum absolute atomic E-state index is 10.9. The molecule has 0 fully saturated rings. The first-order chi connectivity index (χ1) is 8.20. The molecule has 0 aliphatic heterocycles. The van der Waals surface area contributed by atoms with Crippen LogP contribution in [0.3, 0.4) is 0 Å². The second-order valence-electron chi connectivity index (χ2n) is 4.52. The number of nitro benzene ring substituents is 1. The minimum atomic E-state index is -1.25. The fourth-order valence-electron chi connectivity index (χ4n) is 1.04. The summed E-state index contributed by atoms with van der Waals surface area (Å²) < 4.78 is 0. The number of carbonyl (C=O) groups is 1. The number of rotatable bonds is 4. The summed E-state index contributed by atoms with van der Waals surface area (Å²) in [6.45, 7) is 5.10. The van der Waals surface area contributed by atoms with Crippen molar-refractivity contribution in [1.82, 2.24) is 0 Å². The third-order valence-corrected chi connectivity index (χ3v) is 1.79. The predicted molar refractivity (Wildman–Crippen MR) is 61.5 cm³/mol. The Morgan fingerprint density at radius 3 is 2.44 bits per heavy atom. The number of nitro groups is 1. The molecule has 0 aromatic heterocycles. The highest BCUT2D eigenvalue weighted by Crippen LogP contribution is 2.26. The van der Waals surface area contributed by atoms with Gasteiger partial charge in [-0.2, -0.15) is 4.89 Å². The van der Waals surface area contributed by atoms with Gasteiger partial charge in [-0.3, -0.25) is 10.1 Å². The third kappa shape index (κ3) is 3.70. The van der Waals surface area contributed by atoms with Gasteiger partial charge in [-0.05, 0) is 26.8 Å². The van der Waals surface area contributed by atoms with E-state index in [0.717, 1.165) is 18.2 Å². The minimum Gasteiger partial charge on any atom is -0.478 e. The minimum absolute atomic E-state index is 0.202. The summed E-state index contributed by atoms with van der Waals surface area (Å²) in [6.07, 6.45) is 0. The van der Waals surface area contributed by atoms with Gasteiger partial charge in [0.1, 0.15) is 11.2 Å². The Kier molecular flexibility index (Phi) is 3.87. The van der Waals surface area contributed by atoms with Crippen LogP contribution in [0.2, 0.25) is 0 Å². The largest absolute Gasteiger partial charge is 0.478 e. The van der Waals surface area contributed by atoms with Crippen LogP contribution in [0.25, 0.3) is 0 Å². The summed E-state index contributed by atoms with van der Waals surface area (Å²) in [5, 5.41) is 19.5. The number of carboxylic acid groups (broad SMARTS) is 1. The van der Waals surface area contributed by atoms with E-state index in [0.29, 0.717) is 0 Å². The van der Waals surface area contributed by atoms with Crippen LogP contribution in [0.15, 0.2) is 18.2 Å². The topological polar surface area (TPSA) is 98.9 Å². The number of non-ortho nitro benzene ring substituents is 1. The summed E-state index contributed by atoms with van der Waals surface area (Å²) in [5.41, 5.74) is -1.14. The molecule has 0 spiro atoms. The standard InChI is InChI=1S/C11H13NO6/c1-11(2,3)18-17-9-6-7(12(15)16)4-5-8(9)10(13)14/h4-6H,1-3H3,(H,13,14). The van der Waals surface area contributed by atoms with Crippen LogP contribution < -0.4 is 4.89 Å². The molecule has 0 atom stereocenters. The van der Waals surface area contributed by atoms with Gasteiger partial charge in [-0.1, -0.05) is 0 Å². The highest BCUT2D eigenvalue weighted by Gasteiger charge is 2.20. The molecule has 1 aromatic rings. The molecule has 1 rings (SSSR count). The summed E-state index contributed by atoms with van der Waals surface area (Å²) in [6, 6.07) is 3.20. The fourth-order valence-corrected chi connectivity index (χ4v) is 1.04. The highest BCUT2D eigenvalue weighted by atomic mass is 17.2. The Bertz CT molecular complexity index is 477. The molecule has 0 bridgehead atoms. The normalized spacial score (nSPS) is 11.1. The van der Waals surface area contributed by atoms with Crippen molar-refractivity contribution < 1.29 is 24.6 Å². The molecule has 0 heterocycles. The molecule has 0 aliphatic carbocycles. The molecule has 7 heteroatoms. The number of hydrogen-bond donors (Lipinski definition) is 1. The lowest BCUT2D eigenvalue weighted by atomic mass is 10.2. The van der Waals surface area contributed by atoms with Gasteiger partial charge in [0.25, 0.3) is 5.69 Å². The van der Waals surface area contributed by atoms with Gasteiger partial charge in [0.05, 0.1) is 11.0 Å². The Morgan fingerprint density at radius 2 is 2.00 bits per heavy atom. The lowest BCUT2D eigenvalue weighted by Crippen LogP contribution is -2.22. The number of hydrogen-bond acceptors (Lipinski definition) is 5. The molecular weight excluding hydrogens is 242 g/mol. The second kappa shape index (κ2) is 5.01. The molecule has 1 N–H and O–H groups in total. The van der Waals surface area contributed by atoms with Crippen molar-refractivity contribution in [2.24, 2.45) is 0 Å². The van der Waals surface area contributed by atoms with E-state index in [1.54, 1.807) is 20.8 Å². The van der Waals surface area contributed by atoms with Gasteiger partial charge in [0.2, 0.25) is 0 Å². The molecule has 0 saturated heterocycles. The molecule has 1 aromatic carbocycles. The lowest BCUT2D eigenvalue weighted by Gasteiger charge is -2.18. The first-order valence-corrected chi connectivity index (χ1v) is 5.08. The van der Waals surface area contributed by atoms with Gasteiger partial charge in [0, 0.05) is 6.07 Å². The zero-order valence-electron chi connectivity index (χ0n) is 10.2. The molecule has 0 radical (unpaired) electrons. The van der Waals surface area contributed by atoms with Crippen molar-refractivity contribution in [3.8, 4) is 5.75 Å². The van der Waals surface area contributed by atoms with E-state index in [4.69, 9.17) is 14.9 Å². The van der Waals surface area contributed by atoms with E-state index in [1.165, 1.54) is 0 Å². The van der Waals surface area contributed by atoms with E-state index in [1.807, 2.05) is 0 Å². The van der Waals surface area contributed by atoms with Crippen molar-refractivity contribution in [2.45, 2.75) is 26.4 Å². The average Bonchev–Trinajstić information content (AvgIpc) is 2.24. The van der Waals surface area contributed by atoms with Gasteiger partial charge in [0.15, 0.2) is 5.75 Å². The average molecular weight is 255 g/mol. The summed E-state index contributed by atoms with van der Waals surface area (Å²) in [4.78, 5) is 30.7. The van der Waals surface area contributed by atoms with Crippen LogP contribution >= 0.6 is 0 Å². The second-order valence-corrected chi connectivity index (χ2v) is 4.52. The monoisotopic (exact) mass is 255 g/mol. The van der Waals surface area contributed by atoms with Crippen molar-refractivity contribution in [2.75, 3.05) is 0 Å². The number of nitrogens with zero attached hydrogens (tertiary/aromatic N) is 1. The lowest BCUT2D eigenvalue weighted by molar-refractivity contribution is -0.385. The molecule has 98 valence electrons. The number of carboxylic acids is 1. The maximum Gasteiger partial charge on any atom is 0.339 e. The Labute approximate surface area is 103 Å². The molecule has 0 unspecified atom stereocenters. The summed E-state index contributed by atoms with van der Waals surface area (Å²) in [5.74, 6) is -1.45. The molecule has 0 saturated carbocycles. The molecular formula is C11H13NO6. The smallest absolute Gasteiger partial charge is 0.339 e. The number of aromatic carboxylic acids is 1. The SMILES string of the molecule is CC(C)(C)OOc1cc([N+](=O)[O-])ccc1C(=O)O. The van der Waals surface area contributed by atoms with Crippen LogP contribution in [0, 0.1) is 10.1 Å². The zero-order chi connectivity index (χ0) is 13.9. The molecule has 0 amide bonds. The van der Waals surface area contributed by atoms with Crippen LogP contribution in [-0.4, -0.2) is 21.6 Å². The first kappa shape index (κ1) is 13.9. The van der Waals surface area contributed by atoms with Crippen molar-refractivity contribution in [3.63, 3.8) is 0 Å². The van der Waals surface area contributed by atoms with E-state index in [9.17, 15) is 14.9 Å². The zero-order valence-corrected chi connectivity index (χ0v) is 10.2. The molecule has 0 aliphatic rings. The Balaban J connectivity index is 3.08. The Hall–Kier alpha value is -2.15. The van der Waals surface area contributed by atoms with Crippen molar-refractivity contribution >= 4 is 11.7 Å². The van der Waals surface area contributed by atoms with E-state index in [2.05, 4.69) is 0 Å². The highest BCUT2D eigenvalue weighted by molar-refractivity contribution is 5.91. The fraction of sp³-hybridized carbons (Fsp3) is 0.364. The van der Waals surface area contributed by atoms with Gasteiger partial charge >= 0.3 is 5.97 Å². The summed E-state index contributed by atoms with van der Waals surface area (Å²) >= 11 is 0. The third-order valence-electron chi connectivity index (χ3n) is 1.79. The van der Waals surface area contributed by atoms with Gasteiger partial charge in [-0.15, -0.1) is 0 Å². The summed E-state index contributed by atoms with van der Waals surface area (Å²) in [7, 11) is 0. The number of benzene rings is 1. The van der Waals surface area contributed by atoms with E-state index >= 15 is 0 Å². The van der Waals surface area contributed by atoms with Crippen LogP contribution in [0.1, 0.15) is 31.1 Å². The maximum atomic E-state index is 10.9. The van der Waals surface area contributed by atoms with Gasteiger partial charge in [-0.25, -0.2) is 4.79 Å². The quantitative estimate of drug-likeness (QED) is 0.503. The molecule has 18 heavy (non-hydrogen) atoms. The van der Waals surface area contributed by atoms with E-state index < -0.39 is 16.5 Å². The van der Waals surface area contributed by atoms with Crippen molar-refractivity contribution in [3.05, 3.63) is 33.9 Å². The predicted octanol–water partition coefficient (Wildman–Crippen LogP) is 2.40. The van der Waals surface area contributed by atoms with Crippen LogP contribution in [0.4, 0.5) is 5.69 Å². The van der Waals surface area contributed by atoms with Crippen molar-refractivity contribution in [1.29, 1.82) is 0 Å². The van der Waals surface area contributed by atoms with Crippen LogP contribution in [0.5, 0.6) is 5.75 Å². The van der Waals surface area contributed by atoms with Gasteiger partial charge < -0.3 is 9.99 Å². The first-order valence-electron chi connectivity index (χ1n) is 5.08. The Morgan fingerprint density at radius 1 is 1.39 bits per heavy atom. The molecule has 7 nitrogen and oxygen atoms in total.